The first-order valence-electron chi connectivity index (χ1n) is 7.42. The van der Waals surface area contributed by atoms with E-state index in [0.717, 1.165) is 24.0 Å². The van der Waals surface area contributed by atoms with Crippen molar-refractivity contribution in [2.24, 2.45) is 11.7 Å². The van der Waals surface area contributed by atoms with E-state index in [-0.39, 0.29) is 0 Å². The van der Waals surface area contributed by atoms with Gasteiger partial charge in [0, 0.05) is 0 Å². The largest absolute Gasteiger partial charge is 0.497 e. The van der Waals surface area contributed by atoms with E-state index in [0.29, 0.717) is 23.4 Å². The van der Waals surface area contributed by atoms with Gasteiger partial charge in [-0.3, -0.25) is 5.21 Å². The average molecular weight is 300 g/mol. The summed E-state index contributed by atoms with van der Waals surface area (Å²) >= 11 is 0. The van der Waals surface area contributed by atoms with Crippen molar-refractivity contribution in [1.82, 2.24) is 5.06 Å². The van der Waals surface area contributed by atoms with E-state index in [2.05, 4.69) is 24.3 Å². The summed E-state index contributed by atoms with van der Waals surface area (Å²) in [5.74, 6) is 1.87. The molecule has 2 aromatic carbocycles. The Kier molecular flexibility index (Phi) is 3.90. The zero-order valence-corrected chi connectivity index (χ0v) is 12.5. The molecular formula is C17H20N2O3. The fraction of sp³-hybridized carbons (Fsp3) is 0.353. The number of carbonyl (C=O) groups is 1. The van der Waals surface area contributed by atoms with Gasteiger partial charge >= 0.3 is 6.03 Å². The van der Waals surface area contributed by atoms with Crippen LogP contribution >= 0.6 is 0 Å². The summed E-state index contributed by atoms with van der Waals surface area (Å²) in [4.78, 5) is 10.8. The number of benzene rings is 2. The number of hydrogen-bond acceptors (Lipinski definition) is 3. The predicted octanol–water partition coefficient (Wildman–Crippen LogP) is 3.11. The fourth-order valence-corrected chi connectivity index (χ4v) is 2.97. The molecule has 1 fully saturated rings. The molecule has 2 amide bonds. The number of carbonyl (C=O) groups excluding carboxylic acids is 1. The second-order valence-corrected chi connectivity index (χ2v) is 5.82. The summed E-state index contributed by atoms with van der Waals surface area (Å²) in [6, 6.07) is 11.7. The molecule has 1 aliphatic rings. The van der Waals surface area contributed by atoms with Crippen LogP contribution in [0.1, 0.15) is 24.3 Å². The van der Waals surface area contributed by atoms with Crippen LogP contribution < -0.4 is 10.5 Å². The number of hydrogen-bond donors (Lipinski definition) is 2. The smallest absolute Gasteiger partial charge is 0.338 e. The molecule has 3 rings (SSSR count). The zero-order valence-electron chi connectivity index (χ0n) is 12.5. The van der Waals surface area contributed by atoms with E-state index in [1.54, 1.807) is 7.11 Å². The quantitative estimate of drug-likeness (QED) is 0.658. The Labute approximate surface area is 129 Å². The molecule has 22 heavy (non-hydrogen) atoms. The average Bonchev–Trinajstić information content (AvgIpc) is 3.31. The van der Waals surface area contributed by atoms with Crippen LogP contribution in [0.5, 0.6) is 5.75 Å². The number of nitrogens with zero attached hydrogens (tertiary/aromatic N) is 1. The topological polar surface area (TPSA) is 75.8 Å². The van der Waals surface area contributed by atoms with Gasteiger partial charge in [0.2, 0.25) is 0 Å². The SMILES string of the molecule is COc1ccc2cc(C3CC3CCN(O)C(N)=O)ccc2c1. The van der Waals surface area contributed by atoms with Gasteiger partial charge in [0.25, 0.3) is 0 Å². The number of urea groups is 1. The molecule has 0 aromatic heterocycles. The highest BCUT2D eigenvalue weighted by Gasteiger charge is 2.38. The lowest BCUT2D eigenvalue weighted by Crippen LogP contribution is -2.33. The van der Waals surface area contributed by atoms with Gasteiger partial charge in [0.1, 0.15) is 5.75 Å². The minimum atomic E-state index is -0.795. The van der Waals surface area contributed by atoms with Crippen molar-refractivity contribution >= 4 is 16.8 Å². The lowest BCUT2D eigenvalue weighted by molar-refractivity contribution is -0.0410. The van der Waals surface area contributed by atoms with Crippen molar-refractivity contribution < 1.29 is 14.7 Å². The third kappa shape index (κ3) is 2.99. The molecular weight excluding hydrogens is 280 g/mol. The highest BCUT2D eigenvalue weighted by Crippen LogP contribution is 2.50. The maximum atomic E-state index is 10.8. The standard InChI is InChI=1S/C17H20N2O3/c1-22-15-5-4-11-8-13(3-2-12(11)9-15)16-10-14(16)6-7-19(21)17(18)20/h2-5,8-9,14,16,21H,6-7,10H2,1H3,(H2,18,20). The summed E-state index contributed by atoms with van der Waals surface area (Å²) < 4.78 is 5.24. The van der Waals surface area contributed by atoms with Crippen LogP contribution in [0, 0.1) is 5.92 Å². The lowest BCUT2D eigenvalue weighted by atomic mass is 10.0. The molecule has 1 saturated carbocycles. The van der Waals surface area contributed by atoms with E-state index in [4.69, 9.17) is 10.5 Å². The van der Waals surface area contributed by atoms with Gasteiger partial charge in [-0.1, -0.05) is 24.3 Å². The van der Waals surface area contributed by atoms with E-state index in [9.17, 15) is 10.0 Å². The summed E-state index contributed by atoms with van der Waals surface area (Å²) in [7, 11) is 1.67. The first-order valence-corrected chi connectivity index (χ1v) is 7.42. The van der Waals surface area contributed by atoms with E-state index in [1.165, 1.54) is 10.9 Å². The Balaban J connectivity index is 1.66. The van der Waals surface area contributed by atoms with E-state index >= 15 is 0 Å². The monoisotopic (exact) mass is 300 g/mol. The maximum absolute atomic E-state index is 10.8. The van der Waals surface area contributed by atoms with Crippen molar-refractivity contribution in [2.75, 3.05) is 13.7 Å². The van der Waals surface area contributed by atoms with Crippen molar-refractivity contribution in [3.63, 3.8) is 0 Å². The lowest BCUT2D eigenvalue weighted by Gasteiger charge is -2.11. The second-order valence-electron chi connectivity index (χ2n) is 5.82. The third-order valence-electron chi connectivity index (χ3n) is 4.39. The first-order chi connectivity index (χ1) is 10.6. The number of primary amides is 1. The molecule has 116 valence electrons. The molecule has 0 aliphatic heterocycles. The number of fused-ring (bicyclic) bond motifs is 1. The first kappa shape index (κ1) is 14.7. The Hall–Kier alpha value is -2.27. The molecule has 2 unspecified atom stereocenters. The molecule has 2 atom stereocenters. The van der Waals surface area contributed by atoms with Crippen LogP contribution in [0.25, 0.3) is 10.8 Å². The van der Waals surface area contributed by atoms with Gasteiger partial charge in [-0.05, 0) is 53.1 Å². The molecule has 0 spiro atoms. The third-order valence-corrected chi connectivity index (χ3v) is 4.39. The molecule has 2 aromatic rings. The fourth-order valence-electron chi connectivity index (χ4n) is 2.97. The number of nitrogens with two attached hydrogens (primary N) is 1. The van der Waals surface area contributed by atoms with Gasteiger partial charge in [-0.15, -0.1) is 0 Å². The van der Waals surface area contributed by atoms with E-state index in [1.807, 2.05) is 12.1 Å². The van der Waals surface area contributed by atoms with Gasteiger partial charge in [0.15, 0.2) is 0 Å². The van der Waals surface area contributed by atoms with Crippen LogP contribution in [0.2, 0.25) is 0 Å². The zero-order chi connectivity index (χ0) is 15.7. The summed E-state index contributed by atoms with van der Waals surface area (Å²) in [6.45, 7) is 0.293. The number of hydroxylamine groups is 2. The highest BCUT2D eigenvalue weighted by atomic mass is 16.5. The molecule has 3 N–H and O–H groups in total. The van der Waals surface area contributed by atoms with Crippen molar-refractivity contribution in [1.29, 1.82) is 0 Å². The number of methoxy groups -OCH3 is 1. The molecule has 1 aliphatic carbocycles. The Morgan fingerprint density at radius 3 is 2.77 bits per heavy atom. The van der Waals surface area contributed by atoms with Crippen LogP contribution in [-0.2, 0) is 0 Å². The van der Waals surface area contributed by atoms with Gasteiger partial charge in [-0.2, -0.15) is 0 Å². The minimum Gasteiger partial charge on any atom is -0.497 e. The molecule has 5 heteroatoms. The van der Waals surface area contributed by atoms with Crippen molar-refractivity contribution in [3.8, 4) is 5.75 Å². The van der Waals surface area contributed by atoms with Crippen molar-refractivity contribution in [3.05, 3.63) is 42.0 Å². The number of amides is 2. The normalized spacial score (nSPS) is 19.9. The molecule has 0 radical (unpaired) electrons. The van der Waals surface area contributed by atoms with Gasteiger partial charge < -0.3 is 10.5 Å². The highest BCUT2D eigenvalue weighted by molar-refractivity contribution is 5.84. The summed E-state index contributed by atoms with van der Waals surface area (Å²) in [5.41, 5.74) is 6.31. The maximum Gasteiger partial charge on any atom is 0.338 e. The number of ether oxygens (including phenoxy) is 1. The summed E-state index contributed by atoms with van der Waals surface area (Å²) in [5, 5.41) is 12.2. The van der Waals surface area contributed by atoms with Crippen LogP contribution in [-0.4, -0.2) is 30.0 Å². The molecule has 0 bridgehead atoms. The Bertz CT molecular complexity index is 701. The predicted molar refractivity (Wildman–Crippen MR) is 84.0 cm³/mol. The Morgan fingerprint density at radius 2 is 2.05 bits per heavy atom. The minimum absolute atomic E-state index is 0.293. The van der Waals surface area contributed by atoms with Crippen molar-refractivity contribution in [2.45, 2.75) is 18.8 Å². The molecule has 0 saturated heterocycles. The van der Waals surface area contributed by atoms with Crippen LogP contribution in [0.15, 0.2) is 36.4 Å². The molecule has 0 heterocycles. The second kappa shape index (κ2) is 5.85. The number of rotatable bonds is 5. The van der Waals surface area contributed by atoms with Crippen LogP contribution in [0.3, 0.4) is 0 Å². The summed E-state index contributed by atoms with van der Waals surface area (Å²) in [6.07, 6.45) is 1.86. The van der Waals surface area contributed by atoms with Gasteiger partial charge in [-0.25, -0.2) is 9.86 Å². The van der Waals surface area contributed by atoms with Crippen LogP contribution in [0.4, 0.5) is 4.79 Å². The Morgan fingerprint density at radius 1 is 1.32 bits per heavy atom. The van der Waals surface area contributed by atoms with E-state index < -0.39 is 6.03 Å². The molecule has 5 nitrogen and oxygen atoms in total. The van der Waals surface area contributed by atoms with Gasteiger partial charge in [0.05, 0.1) is 13.7 Å².